The molecule has 0 aliphatic rings. The van der Waals surface area contributed by atoms with Crippen LogP contribution in [0.3, 0.4) is 0 Å². The number of halogens is 2. The quantitative estimate of drug-likeness (QED) is 0.862. The number of sulfonamides is 1. The smallest absolute Gasteiger partial charge is 0.257 e. The average molecular weight is 373 g/mol. The number of carbonyl (C=O) groups excluding carboxylic acids is 1. The Morgan fingerprint density at radius 1 is 1.09 bits per heavy atom. The first-order chi connectivity index (χ1) is 10.7. The predicted molar refractivity (Wildman–Crippen MR) is 91.8 cm³/mol. The zero-order valence-electron chi connectivity index (χ0n) is 12.4. The number of benzene rings is 2. The summed E-state index contributed by atoms with van der Waals surface area (Å²) in [7, 11) is -2.38. The van der Waals surface area contributed by atoms with E-state index < -0.39 is 15.9 Å². The van der Waals surface area contributed by atoms with Gasteiger partial charge in [-0.2, -0.15) is 0 Å². The van der Waals surface area contributed by atoms with Crippen molar-refractivity contribution in [3.05, 3.63) is 57.6 Å². The maximum atomic E-state index is 12.4. The first-order valence-corrected chi connectivity index (χ1v) is 8.79. The second kappa shape index (κ2) is 6.88. The van der Waals surface area contributed by atoms with E-state index in [0.29, 0.717) is 10.7 Å². The van der Waals surface area contributed by atoms with Crippen LogP contribution in [0.2, 0.25) is 10.0 Å². The standard InChI is InChI=1S/C15H14Cl2N2O3S/c1-9-3-4-10(16)7-14(9)19-15(20)12-8-11(5-6-13(12)17)23(21,22)18-2/h3-8,18H,1-2H3,(H,19,20). The summed E-state index contributed by atoms with van der Waals surface area (Å²) in [6, 6.07) is 9.00. The van der Waals surface area contributed by atoms with Crippen LogP contribution in [-0.4, -0.2) is 21.4 Å². The van der Waals surface area contributed by atoms with Gasteiger partial charge in [-0.1, -0.05) is 29.3 Å². The summed E-state index contributed by atoms with van der Waals surface area (Å²) in [6.07, 6.45) is 0. The fourth-order valence-corrected chi connectivity index (χ4v) is 3.01. The van der Waals surface area contributed by atoms with Crippen LogP contribution in [-0.2, 0) is 10.0 Å². The van der Waals surface area contributed by atoms with E-state index >= 15 is 0 Å². The van der Waals surface area contributed by atoms with Crippen molar-refractivity contribution >= 4 is 44.8 Å². The lowest BCUT2D eigenvalue weighted by Gasteiger charge is -2.11. The molecule has 0 bridgehead atoms. The molecule has 0 aliphatic carbocycles. The molecule has 8 heteroatoms. The minimum absolute atomic E-state index is 0.0441. The van der Waals surface area contributed by atoms with E-state index in [-0.39, 0.29) is 15.5 Å². The summed E-state index contributed by atoms with van der Waals surface area (Å²) in [5.41, 5.74) is 1.40. The van der Waals surface area contributed by atoms with E-state index in [9.17, 15) is 13.2 Å². The Morgan fingerprint density at radius 2 is 1.78 bits per heavy atom. The molecule has 0 fully saturated rings. The fraction of sp³-hybridized carbons (Fsp3) is 0.133. The van der Waals surface area contributed by atoms with E-state index in [4.69, 9.17) is 23.2 Å². The van der Waals surface area contributed by atoms with Gasteiger partial charge in [-0.15, -0.1) is 0 Å². The van der Waals surface area contributed by atoms with Gasteiger partial charge in [0.25, 0.3) is 5.91 Å². The van der Waals surface area contributed by atoms with Gasteiger partial charge in [-0.05, 0) is 49.9 Å². The van der Waals surface area contributed by atoms with E-state index in [2.05, 4.69) is 10.0 Å². The summed E-state index contributed by atoms with van der Waals surface area (Å²) in [5.74, 6) is -0.520. The molecule has 0 saturated carbocycles. The molecular formula is C15H14Cl2N2O3S. The number of carbonyl (C=O) groups is 1. The minimum atomic E-state index is -3.67. The fourth-order valence-electron chi connectivity index (χ4n) is 1.88. The Balaban J connectivity index is 2.39. The molecule has 5 nitrogen and oxygen atoms in total. The van der Waals surface area contributed by atoms with Crippen LogP contribution >= 0.6 is 23.2 Å². The number of aryl methyl sites for hydroxylation is 1. The Hall–Kier alpha value is -1.60. The zero-order valence-corrected chi connectivity index (χ0v) is 14.7. The third kappa shape index (κ3) is 4.03. The van der Waals surface area contributed by atoms with Gasteiger partial charge in [-0.25, -0.2) is 13.1 Å². The van der Waals surface area contributed by atoms with Crippen molar-refractivity contribution in [2.24, 2.45) is 0 Å². The summed E-state index contributed by atoms with van der Waals surface area (Å²) in [4.78, 5) is 12.4. The highest BCUT2D eigenvalue weighted by Crippen LogP contribution is 2.24. The molecule has 0 atom stereocenters. The van der Waals surface area contributed by atoms with Gasteiger partial charge in [-0.3, -0.25) is 4.79 Å². The van der Waals surface area contributed by atoms with Crippen LogP contribution in [0.4, 0.5) is 5.69 Å². The molecule has 0 aliphatic heterocycles. The average Bonchev–Trinajstić information content (AvgIpc) is 2.51. The molecule has 0 saturated heterocycles. The molecule has 2 aromatic rings. The highest BCUT2D eigenvalue weighted by atomic mass is 35.5. The molecule has 0 spiro atoms. The number of rotatable bonds is 4. The zero-order chi connectivity index (χ0) is 17.2. The molecule has 0 aromatic heterocycles. The predicted octanol–water partition coefficient (Wildman–Crippen LogP) is 3.46. The van der Waals surface area contributed by atoms with Gasteiger partial charge in [0.2, 0.25) is 10.0 Å². The lowest BCUT2D eigenvalue weighted by Crippen LogP contribution is -2.20. The molecule has 0 unspecified atom stereocenters. The number of anilines is 1. The van der Waals surface area contributed by atoms with Gasteiger partial charge < -0.3 is 5.32 Å². The summed E-state index contributed by atoms with van der Waals surface area (Å²) >= 11 is 11.9. The van der Waals surface area contributed by atoms with Crippen LogP contribution in [0.15, 0.2) is 41.3 Å². The Morgan fingerprint density at radius 3 is 2.43 bits per heavy atom. The van der Waals surface area contributed by atoms with Crippen molar-refractivity contribution in [3.8, 4) is 0 Å². The highest BCUT2D eigenvalue weighted by Gasteiger charge is 2.18. The minimum Gasteiger partial charge on any atom is -0.322 e. The topological polar surface area (TPSA) is 75.3 Å². The van der Waals surface area contributed by atoms with Gasteiger partial charge in [0.15, 0.2) is 0 Å². The highest BCUT2D eigenvalue weighted by molar-refractivity contribution is 7.89. The Labute approximate surface area is 144 Å². The van der Waals surface area contributed by atoms with Crippen molar-refractivity contribution in [2.75, 3.05) is 12.4 Å². The molecule has 23 heavy (non-hydrogen) atoms. The molecule has 122 valence electrons. The van der Waals surface area contributed by atoms with Crippen LogP contribution in [0, 0.1) is 6.92 Å². The third-order valence-electron chi connectivity index (χ3n) is 3.21. The number of hydrogen-bond donors (Lipinski definition) is 2. The first-order valence-electron chi connectivity index (χ1n) is 6.55. The number of amides is 1. The van der Waals surface area contributed by atoms with E-state index in [0.717, 1.165) is 5.56 Å². The van der Waals surface area contributed by atoms with E-state index in [1.54, 1.807) is 18.2 Å². The van der Waals surface area contributed by atoms with Crippen molar-refractivity contribution in [2.45, 2.75) is 11.8 Å². The van der Waals surface area contributed by atoms with Gasteiger partial charge in [0, 0.05) is 10.7 Å². The largest absolute Gasteiger partial charge is 0.322 e. The Kier molecular flexibility index (Phi) is 5.31. The monoisotopic (exact) mass is 372 g/mol. The lowest BCUT2D eigenvalue weighted by molar-refractivity contribution is 0.102. The molecular weight excluding hydrogens is 359 g/mol. The van der Waals surface area contributed by atoms with Crippen LogP contribution in [0.1, 0.15) is 15.9 Å². The molecule has 0 heterocycles. The molecule has 2 aromatic carbocycles. The van der Waals surface area contributed by atoms with Crippen LogP contribution in [0.5, 0.6) is 0 Å². The molecule has 2 rings (SSSR count). The number of hydrogen-bond acceptors (Lipinski definition) is 3. The van der Waals surface area contributed by atoms with Crippen LogP contribution < -0.4 is 10.0 Å². The third-order valence-corrected chi connectivity index (χ3v) is 5.19. The maximum Gasteiger partial charge on any atom is 0.257 e. The van der Waals surface area contributed by atoms with Crippen molar-refractivity contribution < 1.29 is 13.2 Å². The number of nitrogens with one attached hydrogen (secondary N) is 2. The second-order valence-electron chi connectivity index (χ2n) is 4.76. The van der Waals surface area contributed by atoms with Crippen molar-refractivity contribution in [3.63, 3.8) is 0 Å². The normalized spacial score (nSPS) is 11.3. The SMILES string of the molecule is CNS(=O)(=O)c1ccc(Cl)c(C(=O)Nc2cc(Cl)ccc2C)c1. The first kappa shape index (κ1) is 17.7. The second-order valence-corrected chi connectivity index (χ2v) is 7.49. The van der Waals surface area contributed by atoms with Gasteiger partial charge in [0.1, 0.15) is 0 Å². The maximum absolute atomic E-state index is 12.4. The lowest BCUT2D eigenvalue weighted by atomic mass is 10.1. The van der Waals surface area contributed by atoms with Crippen LogP contribution in [0.25, 0.3) is 0 Å². The van der Waals surface area contributed by atoms with Crippen molar-refractivity contribution in [1.29, 1.82) is 0 Å². The summed E-state index contributed by atoms with van der Waals surface area (Å²) < 4.78 is 25.9. The summed E-state index contributed by atoms with van der Waals surface area (Å²) in [6.45, 7) is 1.81. The van der Waals surface area contributed by atoms with E-state index in [1.807, 2.05) is 6.92 Å². The Bertz CT molecular complexity index is 867. The molecule has 2 N–H and O–H groups in total. The summed E-state index contributed by atoms with van der Waals surface area (Å²) in [5, 5.41) is 3.31. The van der Waals surface area contributed by atoms with E-state index in [1.165, 1.54) is 25.2 Å². The molecule has 1 amide bonds. The van der Waals surface area contributed by atoms with Gasteiger partial charge in [0.05, 0.1) is 15.5 Å². The van der Waals surface area contributed by atoms with Gasteiger partial charge >= 0.3 is 0 Å². The van der Waals surface area contributed by atoms with Crippen molar-refractivity contribution in [1.82, 2.24) is 4.72 Å². The molecule has 0 radical (unpaired) electrons.